The maximum atomic E-state index is 13.2. The minimum Gasteiger partial charge on any atom is -0.548 e. The van der Waals surface area contributed by atoms with E-state index in [2.05, 4.69) is 5.32 Å². The fourth-order valence-electron chi connectivity index (χ4n) is 3.59. The Bertz CT molecular complexity index is 1030. The van der Waals surface area contributed by atoms with Gasteiger partial charge in [-0.1, -0.05) is 44.2 Å². The molecule has 0 unspecified atom stereocenters. The molecule has 3 N–H and O–H groups in total. The number of carbonyl (C=O) groups is 2. The van der Waals surface area contributed by atoms with Crippen molar-refractivity contribution in [3.05, 3.63) is 60.2 Å². The molecule has 10 heteroatoms. The molecule has 0 heterocycles. The van der Waals surface area contributed by atoms with Gasteiger partial charge in [0.1, 0.15) is 0 Å². The van der Waals surface area contributed by atoms with Crippen molar-refractivity contribution in [3.8, 4) is 0 Å². The third-order valence-corrected chi connectivity index (χ3v) is 7.25. The number of carboxylic acids is 1. The Hall–Kier alpha value is -0.858. The van der Waals surface area contributed by atoms with E-state index in [1.807, 2.05) is 44.2 Å². The first-order valence-electron chi connectivity index (χ1n) is 11.5. The van der Waals surface area contributed by atoms with Gasteiger partial charge in [0, 0.05) is 25.2 Å². The average Bonchev–Trinajstić information content (AvgIpc) is 2.79. The Kier molecular flexibility index (Phi) is 14.8. The van der Waals surface area contributed by atoms with Crippen molar-refractivity contribution < 1.29 is 92.0 Å². The van der Waals surface area contributed by atoms with Crippen LogP contribution in [-0.2, 0) is 26.0 Å². The Morgan fingerprint density at radius 1 is 1.03 bits per heavy atom. The summed E-state index contributed by atoms with van der Waals surface area (Å²) >= 11 is 0. The summed E-state index contributed by atoms with van der Waals surface area (Å²) in [7, 11) is -4.06. The quantitative estimate of drug-likeness (QED) is 0.205. The molecule has 0 aliphatic heterocycles. The van der Waals surface area contributed by atoms with Crippen LogP contribution in [-0.4, -0.2) is 43.7 Å². The van der Waals surface area contributed by atoms with Gasteiger partial charge in [0.2, 0.25) is 15.9 Å². The van der Waals surface area contributed by atoms with Gasteiger partial charge in [-0.15, -0.1) is 0 Å². The van der Waals surface area contributed by atoms with Crippen LogP contribution in [0.5, 0.6) is 0 Å². The third kappa shape index (κ3) is 11.0. The van der Waals surface area contributed by atoms with E-state index < -0.39 is 22.0 Å². The number of nitrogens with one attached hydrogen (secondary N) is 1. The summed E-state index contributed by atoms with van der Waals surface area (Å²) in [5, 5.41) is 14.8. The number of nitrogen functional groups attached to an aromatic ring is 1. The molecule has 0 saturated carbocycles. The number of aryl methyl sites for hydroxylation is 1. The number of anilines is 1. The molecule has 0 spiro atoms. The first-order valence-corrected chi connectivity index (χ1v) is 12.9. The van der Waals surface area contributed by atoms with E-state index in [1.54, 1.807) is 0 Å². The molecule has 2 rings (SSSR count). The predicted octanol–water partition coefficient (Wildman–Crippen LogP) is -1.04. The van der Waals surface area contributed by atoms with Crippen molar-refractivity contribution >= 4 is 27.6 Å². The smallest absolute Gasteiger partial charge is 0.548 e. The van der Waals surface area contributed by atoms with Gasteiger partial charge in [0.05, 0.1) is 16.9 Å². The topological polar surface area (TPSA) is 133 Å². The van der Waals surface area contributed by atoms with Gasteiger partial charge in [0.25, 0.3) is 0 Å². The second-order valence-electron chi connectivity index (χ2n) is 8.70. The second-order valence-corrected chi connectivity index (χ2v) is 10.6. The number of nitrogens with zero attached hydrogens (tertiary/aromatic N) is 1. The SMILES string of the molecule is CC(C)CN([C@@H](CCCCNC(=O)CCc1ccccc1)C(=O)[O-])S(=O)(=O)c1ccc(N)cc1.[Cs+]. The normalized spacial score (nSPS) is 12.2. The van der Waals surface area contributed by atoms with Crippen LogP contribution in [0.3, 0.4) is 0 Å². The number of aliphatic carboxylic acids is 1. The van der Waals surface area contributed by atoms with Crippen molar-refractivity contribution in [2.75, 3.05) is 18.8 Å². The molecular formula is C25H34CsN3O5S. The zero-order valence-electron chi connectivity index (χ0n) is 20.8. The van der Waals surface area contributed by atoms with Gasteiger partial charge in [-0.2, -0.15) is 4.31 Å². The Balaban J connectivity index is 0.00000612. The van der Waals surface area contributed by atoms with Crippen LogP contribution < -0.4 is 85.1 Å². The molecule has 0 aliphatic rings. The van der Waals surface area contributed by atoms with E-state index >= 15 is 0 Å². The van der Waals surface area contributed by atoms with Crippen molar-refractivity contribution in [2.45, 2.75) is 56.9 Å². The second kappa shape index (κ2) is 16.1. The number of amides is 1. The summed E-state index contributed by atoms with van der Waals surface area (Å²) < 4.78 is 27.5. The minimum atomic E-state index is -4.06. The van der Waals surface area contributed by atoms with E-state index in [1.165, 1.54) is 24.3 Å². The summed E-state index contributed by atoms with van der Waals surface area (Å²) in [4.78, 5) is 24.0. The fraction of sp³-hybridized carbons (Fsp3) is 0.440. The van der Waals surface area contributed by atoms with Crippen LogP contribution in [0.1, 0.15) is 45.1 Å². The van der Waals surface area contributed by atoms with Crippen molar-refractivity contribution in [3.63, 3.8) is 0 Å². The van der Waals surface area contributed by atoms with Crippen LogP contribution in [0.2, 0.25) is 0 Å². The van der Waals surface area contributed by atoms with Gasteiger partial charge in [-0.25, -0.2) is 8.42 Å². The van der Waals surface area contributed by atoms with E-state index in [4.69, 9.17) is 5.73 Å². The minimum absolute atomic E-state index is 0. The molecule has 35 heavy (non-hydrogen) atoms. The maximum absolute atomic E-state index is 13.2. The van der Waals surface area contributed by atoms with Gasteiger partial charge in [-0.05, 0) is 61.4 Å². The Morgan fingerprint density at radius 3 is 2.23 bits per heavy atom. The fourth-order valence-corrected chi connectivity index (χ4v) is 5.36. The van der Waals surface area contributed by atoms with Crippen molar-refractivity contribution in [1.82, 2.24) is 9.62 Å². The molecule has 2 aromatic rings. The molecular weight excluding hydrogens is 587 g/mol. The summed E-state index contributed by atoms with van der Waals surface area (Å²) in [5.41, 5.74) is 7.16. The molecule has 2 aromatic carbocycles. The zero-order valence-corrected chi connectivity index (χ0v) is 27.9. The summed E-state index contributed by atoms with van der Waals surface area (Å²) in [6.45, 7) is 4.08. The molecule has 0 aromatic heterocycles. The van der Waals surface area contributed by atoms with Crippen LogP contribution in [0.25, 0.3) is 0 Å². The zero-order chi connectivity index (χ0) is 25.1. The Labute approximate surface area is 267 Å². The van der Waals surface area contributed by atoms with Crippen LogP contribution in [0.4, 0.5) is 5.69 Å². The average molecular weight is 622 g/mol. The summed E-state index contributed by atoms with van der Waals surface area (Å²) in [6, 6.07) is 14.1. The number of unbranched alkanes of at least 4 members (excludes halogenated alkanes) is 1. The standard InChI is InChI=1S/C25H35N3O5S.Cs/c1-19(2)18-28(34(32,33)22-14-12-21(26)13-15-22)23(25(30)31)10-6-7-17-27-24(29)16-11-20-8-4-3-5-9-20;/h3-5,8-9,12-15,19,23H,6-7,10-11,16-18,26H2,1-2H3,(H,27,29)(H,30,31);/q;+1/p-1/t23-;/m0./s1. The predicted molar refractivity (Wildman–Crippen MR) is 130 cm³/mol. The first kappa shape index (κ1) is 32.2. The van der Waals surface area contributed by atoms with E-state index in [0.29, 0.717) is 37.9 Å². The number of benzene rings is 2. The van der Waals surface area contributed by atoms with E-state index in [0.717, 1.165) is 9.87 Å². The first-order chi connectivity index (χ1) is 16.1. The molecule has 1 atom stereocenters. The monoisotopic (exact) mass is 621 g/mol. The molecule has 0 saturated heterocycles. The number of nitrogens with two attached hydrogens (primary N) is 1. The number of hydrogen-bond acceptors (Lipinski definition) is 6. The third-order valence-electron chi connectivity index (χ3n) is 5.36. The summed E-state index contributed by atoms with van der Waals surface area (Å²) in [6.07, 6.45) is 2.05. The van der Waals surface area contributed by atoms with Gasteiger partial charge in [0.15, 0.2) is 0 Å². The number of carbonyl (C=O) groups excluding carboxylic acids is 2. The molecule has 0 aliphatic carbocycles. The van der Waals surface area contributed by atoms with Crippen molar-refractivity contribution in [2.24, 2.45) is 5.92 Å². The molecule has 8 nitrogen and oxygen atoms in total. The molecule has 186 valence electrons. The Morgan fingerprint density at radius 2 is 1.66 bits per heavy atom. The molecule has 0 radical (unpaired) electrons. The number of sulfonamides is 1. The molecule has 0 fully saturated rings. The van der Waals surface area contributed by atoms with Gasteiger partial charge in [-0.3, -0.25) is 4.79 Å². The largest absolute Gasteiger partial charge is 1.00 e. The van der Waals surface area contributed by atoms with Gasteiger partial charge >= 0.3 is 68.9 Å². The molecule has 0 bridgehead atoms. The molecule has 1 amide bonds. The number of hydrogen-bond donors (Lipinski definition) is 2. The maximum Gasteiger partial charge on any atom is 1.00 e. The number of rotatable bonds is 14. The van der Waals surface area contributed by atoms with Crippen LogP contribution >= 0.6 is 0 Å². The van der Waals surface area contributed by atoms with Crippen LogP contribution in [0, 0.1) is 5.92 Å². The van der Waals surface area contributed by atoms with Crippen molar-refractivity contribution in [1.29, 1.82) is 0 Å². The van der Waals surface area contributed by atoms with Gasteiger partial charge < -0.3 is 21.0 Å². The van der Waals surface area contributed by atoms with E-state index in [-0.39, 0.29) is 98.6 Å². The van der Waals surface area contributed by atoms with E-state index in [9.17, 15) is 23.1 Å². The van der Waals surface area contributed by atoms with Crippen LogP contribution in [0.15, 0.2) is 59.5 Å². The summed E-state index contributed by atoms with van der Waals surface area (Å²) in [5.74, 6) is -1.60. The number of carboxylic acid groups (broad SMARTS) is 1.